The highest BCUT2D eigenvalue weighted by molar-refractivity contribution is 7.13. The van der Waals surface area contributed by atoms with E-state index in [9.17, 15) is 4.79 Å². The summed E-state index contributed by atoms with van der Waals surface area (Å²) in [5, 5.41) is 3.01. The quantitative estimate of drug-likeness (QED) is 0.809. The van der Waals surface area contributed by atoms with Gasteiger partial charge in [-0.1, -0.05) is 12.1 Å². The van der Waals surface area contributed by atoms with Crippen LogP contribution in [0.25, 0.3) is 6.08 Å². The van der Waals surface area contributed by atoms with Crippen LogP contribution in [-0.4, -0.2) is 49.1 Å². The molecule has 0 N–H and O–H groups in total. The summed E-state index contributed by atoms with van der Waals surface area (Å²) in [4.78, 5) is 20.7. The molecule has 120 valence electrons. The lowest BCUT2D eigenvalue weighted by Gasteiger charge is -2.34. The second-order valence-electron chi connectivity index (χ2n) is 5.24. The van der Waals surface area contributed by atoms with Crippen molar-refractivity contribution in [2.75, 3.05) is 38.2 Å². The Balaban J connectivity index is 1.56. The standard InChI is InChI=1S/C17H19N3O2S/c1-22-15-4-2-3-14(13-15)5-6-16(21)19-8-10-20(11-9-19)17-18-7-12-23-17/h2-7,12-13H,8-11H2,1H3. The first-order valence-corrected chi connectivity index (χ1v) is 8.40. The number of nitrogens with zero attached hydrogens (tertiary/aromatic N) is 3. The van der Waals surface area contributed by atoms with Crippen LogP contribution in [0.15, 0.2) is 41.9 Å². The van der Waals surface area contributed by atoms with Crippen molar-refractivity contribution < 1.29 is 9.53 Å². The van der Waals surface area contributed by atoms with Crippen LogP contribution in [0.2, 0.25) is 0 Å². The van der Waals surface area contributed by atoms with Gasteiger partial charge in [0.25, 0.3) is 0 Å². The molecule has 0 bridgehead atoms. The molecule has 6 heteroatoms. The first-order chi connectivity index (χ1) is 11.3. The van der Waals surface area contributed by atoms with Gasteiger partial charge in [0.15, 0.2) is 5.13 Å². The van der Waals surface area contributed by atoms with Gasteiger partial charge in [0, 0.05) is 43.8 Å². The molecule has 2 heterocycles. The predicted octanol–water partition coefficient (Wildman–Crippen LogP) is 2.51. The summed E-state index contributed by atoms with van der Waals surface area (Å²) in [5.74, 6) is 0.836. The zero-order valence-electron chi connectivity index (χ0n) is 13.0. The predicted molar refractivity (Wildman–Crippen MR) is 92.9 cm³/mol. The number of amides is 1. The molecule has 0 aliphatic carbocycles. The highest BCUT2D eigenvalue weighted by atomic mass is 32.1. The SMILES string of the molecule is COc1cccc(C=CC(=O)N2CCN(c3nccs3)CC2)c1. The maximum Gasteiger partial charge on any atom is 0.246 e. The van der Waals surface area contributed by atoms with E-state index in [1.54, 1.807) is 24.5 Å². The van der Waals surface area contributed by atoms with Crippen LogP contribution in [0.1, 0.15) is 5.56 Å². The number of hydrogen-bond donors (Lipinski definition) is 0. The number of methoxy groups -OCH3 is 1. The van der Waals surface area contributed by atoms with E-state index in [2.05, 4.69) is 9.88 Å². The van der Waals surface area contributed by atoms with Gasteiger partial charge in [0.05, 0.1) is 7.11 Å². The molecule has 5 nitrogen and oxygen atoms in total. The van der Waals surface area contributed by atoms with Crippen molar-refractivity contribution in [3.8, 4) is 5.75 Å². The second kappa shape index (κ2) is 7.28. The van der Waals surface area contributed by atoms with Crippen LogP contribution >= 0.6 is 11.3 Å². The Morgan fingerprint density at radius 2 is 2.13 bits per heavy atom. The van der Waals surface area contributed by atoms with E-state index in [4.69, 9.17) is 4.74 Å². The summed E-state index contributed by atoms with van der Waals surface area (Å²) in [6.07, 6.45) is 5.28. The third kappa shape index (κ3) is 3.90. The number of carbonyl (C=O) groups is 1. The summed E-state index contributed by atoms with van der Waals surface area (Å²) in [5.41, 5.74) is 0.958. The molecule has 0 radical (unpaired) electrons. The van der Waals surface area contributed by atoms with Crippen molar-refractivity contribution in [2.45, 2.75) is 0 Å². The third-order valence-electron chi connectivity index (χ3n) is 3.79. The lowest BCUT2D eigenvalue weighted by atomic mass is 10.2. The highest BCUT2D eigenvalue weighted by Gasteiger charge is 2.20. The maximum absolute atomic E-state index is 12.3. The molecule has 0 spiro atoms. The summed E-state index contributed by atoms with van der Waals surface area (Å²) in [6, 6.07) is 7.66. The first-order valence-electron chi connectivity index (χ1n) is 7.52. The van der Waals surface area contributed by atoms with Crippen molar-refractivity contribution in [1.82, 2.24) is 9.88 Å². The monoisotopic (exact) mass is 329 g/mol. The number of carbonyl (C=O) groups excluding carboxylic acids is 1. The number of ether oxygens (including phenoxy) is 1. The summed E-state index contributed by atoms with van der Waals surface area (Å²) in [6.45, 7) is 3.10. The average molecular weight is 329 g/mol. The molecular weight excluding hydrogens is 310 g/mol. The minimum absolute atomic E-state index is 0.0478. The lowest BCUT2D eigenvalue weighted by molar-refractivity contribution is -0.126. The molecule has 1 fully saturated rings. The Bertz CT molecular complexity index is 677. The third-order valence-corrected chi connectivity index (χ3v) is 4.63. The van der Waals surface area contributed by atoms with Crippen LogP contribution in [-0.2, 0) is 4.79 Å². The number of rotatable bonds is 4. The van der Waals surface area contributed by atoms with Gasteiger partial charge in [-0.25, -0.2) is 4.98 Å². The Kier molecular flexibility index (Phi) is 4.92. The Morgan fingerprint density at radius 1 is 1.30 bits per heavy atom. The zero-order chi connectivity index (χ0) is 16.1. The molecule has 1 aromatic carbocycles. The van der Waals surface area contributed by atoms with E-state index in [1.807, 2.05) is 46.8 Å². The zero-order valence-corrected chi connectivity index (χ0v) is 13.8. The largest absolute Gasteiger partial charge is 0.497 e. The van der Waals surface area contributed by atoms with E-state index in [0.29, 0.717) is 0 Å². The van der Waals surface area contributed by atoms with Crippen LogP contribution in [0.5, 0.6) is 5.75 Å². The minimum atomic E-state index is 0.0478. The average Bonchev–Trinajstić information content (AvgIpc) is 3.14. The van der Waals surface area contributed by atoms with Crippen LogP contribution in [0.3, 0.4) is 0 Å². The van der Waals surface area contributed by atoms with Crippen molar-refractivity contribution >= 4 is 28.5 Å². The molecule has 23 heavy (non-hydrogen) atoms. The number of benzene rings is 1. The van der Waals surface area contributed by atoms with Gasteiger partial charge in [-0.2, -0.15) is 0 Å². The summed E-state index contributed by atoms with van der Waals surface area (Å²) >= 11 is 1.64. The fraction of sp³-hybridized carbons (Fsp3) is 0.294. The normalized spacial score (nSPS) is 15.2. The van der Waals surface area contributed by atoms with E-state index in [1.165, 1.54) is 0 Å². The number of piperazine rings is 1. The molecule has 1 aromatic heterocycles. The molecule has 3 rings (SSSR count). The van der Waals surface area contributed by atoms with Gasteiger partial charge in [-0.15, -0.1) is 11.3 Å². The van der Waals surface area contributed by atoms with Crippen molar-refractivity contribution in [3.05, 3.63) is 47.5 Å². The Labute approximate surface area is 139 Å². The van der Waals surface area contributed by atoms with E-state index < -0.39 is 0 Å². The van der Waals surface area contributed by atoms with Gasteiger partial charge in [0.1, 0.15) is 5.75 Å². The number of thiazole rings is 1. The van der Waals surface area contributed by atoms with Gasteiger partial charge in [-0.3, -0.25) is 4.79 Å². The molecule has 0 atom stereocenters. The lowest BCUT2D eigenvalue weighted by Crippen LogP contribution is -2.48. The fourth-order valence-corrected chi connectivity index (χ4v) is 3.21. The van der Waals surface area contributed by atoms with Crippen molar-refractivity contribution in [3.63, 3.8) is 0 Å². The smallest absolute Gasteiger partial charge is 0.246 e. The van der Waals surface area contributed by atoms with E-state index >= 15 is 0 Å². The molecule has 0 saturated carbocycles. The molecular formula is C17H19N3O2S. The second-order valence-corrected chi connectivity index (χ2v) is 6.11. The Hall–Kier alpha value is -2.34. The first kappa shape index (κ1) is 15.6. The van der Waals surface area contributed by atoms with Gasteiger partial charge >= 0.3 is 0 Å². The summed E-state index contributed by atoms with van der Waals surface area (Å²) < 4.78 is 5.19. The van der Waals surface area contributed by atoms with E-state index in [-0.39, 0.29) is 5.91 Å². The van der Waals surface area contributed by atoms with Crippen molar-refractivity contribution in [1.29, 1.82) is 0 Å². The minimum Gasteiger partial charge on any atom is -0.497 e. The van der Waals surface area contributed by atoms with E-state index in [0.717, 1.165) is 42.6 Å². The molecule has 1 aliphatic rings. The molecule has 1 aliphatic heterocycles. The highest BCUT2D eigenvalue weighted by Crippen LogP contribution is 2.19. The van der Waals surface area contributed by atoms with Crippen molar-refractivity contribution in [2.24, 2.45) is 0 Å². The number of hydrogen-bond acceptors (Lipinski definition) is 5. The van der Waals surface area contributed by atoms with Crippen LogP contribution < -0.4 is 9.64 Å². The summed E-state index contributed by atoms with van der Waals surface area (Å²) in [7, 11) is 1.63. The van der Waals surface area contributed by atoms with Crippen LogP contribution in [0, 0.1) is 0 Å². The number of aromatic nitrogens is 1. The topological polar surface area (TPSA) is 45.7 Å². The molecule has 0 unspecified atom stereocenters. The number of anilines is 1. The van der Waals surface area contributed by atoms with Gasteiger partial charge < -0.3 is 14.5 Å². The molecule has 1 saturated heterocycles. The van der Waals surface area contributed by atoms with Gasteiger partial charge in [-0.05, 0) is 23.8 Å². The van der Waals surface area contributed by atoms with Crippen LogP contribution in [0.4, 0.5) is 5.13 Å². The van der Waals surface area contributed by atoms with Gasteiger partial charge in [0.2, 0.25) is 5.91 Å². The Morgan fingerprint density at radius 3 is 2.83 bits per heavy atom. The molecule has 1 amide bonds. The molecule has 2 aromatic rings. The maximum atomic E-state index is 12.3. The fourth-order valence-electron chi connectivity index (χ4n) is 2.51.